The standard InChI is InChI=1S/C20H22N2O4S/c1-4-25-10-11-26-20(24)13(2)22-12-21-18-17(19(22)23)16(14(3)27-18)15-8-6-5-7-9-15/h5-9,12-13H,4,10-11H2,1-3H3/t13-/m0/s1. The van der Waals surface area contributed by atoms with Gasteiger partial charge in [0.15, 0.2) is 0 Å². The molecular formula is C20H22N2O4S. The van der Waals surface area contributed by atoms with Crippen LogP contribution in [-0.2, 0) is 14.3 Å². The molecule has 0 fully saturated rings. The maximum absolute atomic E-state index is 13.2. The third kappa shape index (κ3) is 3.94. The summed E-state index contributed by atoms with van der Waals surface area (Å²) in [5, 5.41) is 0.542. The molecule has 0 aliphatic carbocycles. The van der Waals surface area contributed by atoms with E-state index in [-0.39, 0.29) is 12.2 Å². The molecule has 0 radical (unpaired) electrons. The van der Waals surface area contributed by atoms with Crippen LogP contribution >= 0.6 is 11.3 Å². The molecule has 0 unspecified atom stereocenters. The molecule has 7 heteroatoms. The van der Waals surface area contributed by atoms with Crippen molar-refractivity contribution in [1.29, 1.82) is 0 Å². The lowest BCUT2D eigenvalue weighted by Gasteiger charge is -2.14. The second-order valence-electron chi connectivity index (χ2n) is 6.08. The van der Waals surface area contributed by atoms with E-state index in [0.29, 0.717) is 23.4 Å². The van der Waals surface area contributed by atoms with Crippen molar-refractivity contribution in [2.24, 2.45) is 0 Å². The van der Waals surface area contributed by atoms with E-state index >= 15 is 0 Å². The molecule has 0 aliphatic heterocycles. The molecule has 0 saturated heterocycles. The normalized spacial score (nSPS) is 12.3. The minimum absolute atomic E-state index is 0.161. The number of carbonyl (C=O) groups excluding carboxylic acids is 1. The van der Waals surface area contributed by atoms with Crippen molar-refractivity contribution in [3.8, 4) is 11.1 Å². The van der Waals surface area contributed by atoms with Crippen molar-refractivity contribution < 1.29 is 14.3 Å². The maximum atomic E-state index is 13.2. The van der Waals surface area contributed by atoms with E-state index in [0.717, 1.165) is 16.0 Å². The van der Waals surface area contributed by atoms with Gasteiger partial charge in [-0.3, -0.25) is 9.36 Å². The maximum Gasteiger partial charge on any atom is 0.329 e. The molecule has 1 aromatic carbocycles. The van der Waals surface area contributed by atoms with Gasteiger partial charge in [0.1, 0.15) is 17.5 Å². The second kappa shape index (κ2) is 8.45. The third-order valence-electron chi connectivity index (χ3n) is 4.31. The number of fused-ring (bicyclic) bond motifs is 1. The summed E-state index contributed by atoms with van der Waals surface area (Å²) >= 11 is 1.48. The highest BCUT2D eigenvalue weighted by Gasteiger charge is 2.22. The van der Waals surface area contributed by atoms with Gasteiger partial charge >= 0.3 is 5.97 Å². The first-order valence-corrected chi connectivity index (χ1v) is 9.66. The van der Waals surface area contributed by atoms with Crippen LogP contribution in [0.4, 0.5) is 0 Å². The molecule has 1 atom stereocenters. The van der Waals surface area contributed by atoms with Gasteiger partial charge in [-0.1, -0.05) is 30.3 Å². The molecule has 27 heavy (non-hydrogen) atoms. The fourth-order valence-electron chi connectivity index (χ4n) is 2.92. The Morgan fingerprint density at radius 3 is 2.70 bits per heavy atom. The van der Waals surface area contributed by atoms with Crippen LogP contribution in [0.15, 0.2) is 41.5 Å². The predicted molar refractivity (Wildman–Crippen MR) is 106 cm³/mol. The second-order valence-corrected chi connectivity index (χ2v) is 7.28. The molecule has 2 aromatic heterocycles. The largest absolute Gasteiger partial charge is 0.462 e. The average molecular weight is 386 g/mol. The summed E-state index contributed by atoms with van der Waals surface area (Å²) in [6, 6.07) is 8.98. The lowest BCUT2D eigenvalue weighted by molar-refractivity contribution is -0.148. The van der Waals surface area contributed by atoms with Crippen molar-refractivity contribution in [3.63, 3.8) is 0 Å². The lowest BCUT2D eigenvalue weighted by Crippen LogP contribution is -2.30. The van der Waals surface area contributed by atoms with Gasteiger partial charge in [-0.05, 0) is 26.3 Å². The minimum Gasteiger partial charge on any atom is -0.462 e. The van der Waals surface area contributed by atoms with Crippen LogP contribution in [0.25, 0.3) is 21.3 Å². The van der Waals surface area contributed by atoms with Crippen molar-refractivity contribution in [1.82, 2.24) is 9.55 Å². The summed E-state index contributed by atoms with van der Waals surface area (Å²) in [5.74, 6) is -0.480. The van der Waals surface area contributed by atoms with Crippen LogP contribution < -0.4 is 5.56 Å². The van der Waals surface area contributed by atoms with Crippen molar-refractivity contribution in [3.05, 3.63) is 51.9 Å². The zero-order chi connectivity index (χ0) is 19.4. The Bertz CT molecular complexity index is 994. The van der Waals surface area contributed by atoms with Gasteiger partial charge in [0.05, 0.1) is 18.3 Å². The topological polar surface area (TPSA) is 70.4 Å². The molecule has 0 N–H and O–H groups in total. The number of rotatable bonds is 7. The summed E-state index contributed by atoms with van der Waals surface area (Å²) in [6.45, 7) is 6.55. The van der Waals surface area contributed by atoms with E-state index in [4.69, 9.17) is 9.47 Å². The molecule has 142 valence electrons. The average Bonchev–Trinajstić information content (AvgIpc) is 3.02. The molecule has 6 nitrogen and oxygen atoms in total. The van der Waals surface area contributed by atoms with Crippen LogP contribution in [0.3, 0.4) is 0 Å². The number of aryl methyl sites for hydroxylation is 1. The molecular weight excluding hydrogens is 364 g/mol. The monoisotopic (exact) mass is 386 g/mol. The van der Waals surface area contributed by atoms with Gasteiger partial charge < -0.3 is 9.47 Å². The van der Waals surface area contributed by atoms with Gasteiger partial charge in [0, 0.05) is 17.0 Å². The molecule has 0 aliphatic rings. The number of nitrogens with zero attached hydrogens (tertiary/aromatic N) is 2. The fraction of sp³-hybridized carbons (Fsp3) is 0.350. The first-order valence-electron chi connectivity index (χ1n) is 8.84. The number of hydrogen-bond acceptors (Lipinski definition) is 6. The Morgan fingerprint density at radius 1 is 1.26 bits per heavy atom. The summed E-state index contributed by atoms with van der Waals surface area (Å²) in [7, 11) is 0. The van der Waals surface area contributed by atoms with E-state index in [1.807, 2.05) is 44.2 Å². The number of hydrogen-bond donors (Lipinski definition) is 0. The highest BCUT2D eigenvalue weighted by Crippen LogP contribution is 2.35. The predicted octanol–water partition coefficient (Wildman–Crippen LogP) is 3.57. The zero-order valence-corrected chi connectivity index (χ0v) is 16.4. The Hall–Kier alpha value is -2.51. The van der Waals surface area contributed by atoms with Crippen LogP contribution in [0.1, 0.15) is 24.8 Å². The Labute approximate surface area is 161 Å². The first-order chi connectivity index (χ1) is 13.0. The highest BCUT2D eigenvalue weighted by molar-refractivity contribution is 7.19. The van der Waals surface area contributed by atoms with Crippen LogP contribution in [0.5, 0.6) is 0 Å². The zero-order valence-electron chi connectivity index (χ0n) is 15.6. The lowest BCUT2D eigenvalue weighted by atomic mass is 10.0. The van der Waals surface area contributed by atoms with E-state index in [1.54, 1.807) is 6.92 Å². The number of esters is 1. The van der Waals surface area contributed by atoms with Crippen molar-refractivity contribution >= 4 is 27.5 Å². The van der Waals surface area contributed by atoms with Gasteiger partial charge in [-0.2, -0.15) is 0 Å². The number of thiophene rings is 1. The minimum atomic E-state index is -0.764. The van der Waals surface area contributed by atoms with E-state index < -0.39 is 12.0 Å². The van der Waals surface area contributed by atoms with Gasteiger partial charge in [-0.15, -0.1) is 11.3 Å². The number of ether oxygens (including phenoxy) is 2. The van der Waals surface area contributed by atoms with E-state index in [9.17, 15) is 9.59 Å². The van der Waals surface area contributed by atoms with Gasteiger partial charge in [0.2, 0.25) is 0 Å². The third-order valence-corrected chi connectivity index (χ3v) is 5.32. The van der Waals surface area contributed by atoms with Crippen LogP contribution in [0, 0.1) is 6.92 Å². The fourth-order valence-corrected chi connectivity index (χ4v) is 3.93. The molecule has 0 spiro atoms. The van der Waals surface area contributed by atoms with Crippen LogP contribution in [0.2, 0.25) is 0 Å². The van der Waals surface area contributed by atoms with Gasteiger partial charge in [0.25, 0.3) is 5.56 Å². The summed E-state index contributed by atoms with van der Waals surface area (Å²) in [5.41, 5.74) is 1.60. The van der Waals surface area contributed by atoms with E-state index in [2.05, 4.69) is 4.98 Å². The highest BCUT2D eigenvalue weighted by atomic mass is 32.1. The van der Waals surface area contributed by atoms with Crippen molar-refractivity contribution in [2.45, 2.75) is 26.8 Å². The first kappa shape index (κ1) is 19.3. The number of carbonyl (C=O) groups is 1. The number of benzene rings is 1. The smallest absolute Gasteiger partial charge is 0.329 e. The Morgan fingerprint density at radius 2 is 2.00 bits per heavy atom. The summed E-state index contributed by atoms with van der Waals surface area (Å²) in [4.78, 5) is 31.5. The molecule has 0 amide bonds. The van der Waals surface area contributed by atoms with Crippen molar-refractivity contribution in [2.75, 3.05) is 19.8 Å². The molecule has 2 heterocycles. The summed E-state index contributed by atoms with van der Waals surface area (Å²) in [6.07, 6.45) is 1.42. The molecule has 0 saturated carbocycles. The summed E-state index contributed by atoms with van der Waals surface area (Å²) < 4.78 is 11.7. The number of aromatic nitrogens is 2. The molecule has 3 rings (SSSR count). The molecule has 0 bridgehead atoms. The quantitative estimate of drug-likeness (QED) is 0.459. The molecule has 3 aromatic rings. The SMILES string of the molecule is CCOCCOC(=O)[C@H](C)n1cnc2sc(C)c(-c3ccccc3)c2c1=O. The Balaban J connectivity index is 1.98. The Kier molecular flexibility index (Phi) is 6.03. The van der Waals surface area contributed by atoms with Gasteiger partial charge in [-0.25, -0.2) is 9.78 Å². The van der Waals surface area contributed by atoms with E-state index in [1.165, 1.54) is 22.2 Å². The van der Waals surface area contributed by atoms with Crippen LogP contribution in [-0.4, -0.2) is 35.3 Å².